The summed E-state index contributed by atoms with van der Waals surface area (Å²) in [6, 6.07) is 18.6. The maximum atomic E-state index is 12.4. The highest BCUT2D eigenvalue weighted by molar-refractivity contribution is 5.74. The molecule has 1 aromatic heterocycles. The minimum Gasteiger partial charge on any atom is -0.507 e. The van der Waals surface area contributed by atoms with E-state index in [4.69, 9.17) is 15.2 Å². The van der Waals surface area contributed by atoms with E-state index in [0.717, 1.165) is 37.1 Å². The fourth-order valence-electron chi connectivity index (χ4n) is 4.78. The summed E-state index contributed by atoms with van der Waals surface area (Å²) < 4.78 is 11.9. The molecule has 188 valence electrons. The normalized spacial score (nSPS) is 18.4. The second-order valence-corrected chi connectivity index (χ2v) is 9.24. The van der Waals surface area contributed by atoms with Crippen LogP contribution in [0.25, 0.3) is 11.3 Å². The van der Waals surface area contributed by atoms with Crippen molar-refractivity contribution in [3.8, 4) is 17.0 Å². The summed E-state index contributed by atoms with van der Waals surface area (Å²) in [6.45, 7) is 3.03. The molecule has 2 saturated heterocycles. The number of para-hydroxylation sites is 1. The van der Waals surface area contributed by atoms with Crippen LogP contribution in [0.1, 0.15) is 24.8 Å². The predicted octanol–water partition coefficient (Wildman–Crippen LogP) is 3.83. The van der Waals surface area contributed by atoms with E-state index < -0.39 is 0 Å². The van der Waals surface area contributed by atoms with Crippen LogP contribution in [0.2, 0.25) is 0 Å². The number of nitrogens with zero attached hydrogens (tertiary/aromatic N) is 4. The zero-order valence-electron chi connectivity index (χ0n) is 20.1. The molecule has 9 nitrogen and oxygen atoms in total. The number of ether oxygens (including phenoxy) is 2. The number of anilines is 2. The number of phenolic OH excluding ortho intramolecular Hbond substituents is 1. The van der Waals surface area contributed by atoms with Crippen LogP contribution in [-0.4, -0.2) is 64.7 Å². The number of carbonyl (C=O) groups is 1. The number of piperidine rings is 1. The lowest BCUT2D eigenvalue weighted by Crippen LogP contribution is -2.42. The molecule has 2 aromatic carbocycles. The number of phenols is 1. The predicted molar refractivity (Wildman–Crippen MR) is 136 cm³/mol. The van der Waals surface area contributed by atoms with Crippen molar-refractivity contribution in [3.63, 3.8) is 0 Å². The SMILES string of the molecule is Nc1nnc(-c2ccccc2O)cc1N1CC[C@H](OC2CCN(C(=O)OCc3ccccc3)CC2)C1. The van der Waals surface area contributed by atoms with E-state index in [1.165, 1.54) is 0 Å². The number of hydrogen-bond donors (Lipinski definition) is 2. The molecule has 2 aliphatic heterocycles. The fraction of sp³-hybridized carbons (Fsp3) is 0.370. The Balaban J connectivity index is 1.12. The number of carbonyl (C=O) groups excluding carboxylic acids is 1. The molecule has 3 heterocycles. The lowest BCUT2D eigenvalue weighted by Gasteiger charge is -2.32. The second-order valence-electron chi connectivity index (χ2n) is 9.24. The number of aromatic nitrogens is 2. The molecule has 0 saturated carbocycles. The molecule has 0 bridgehead atoms. The topological polar surface area (TPSA) is 114 Å². The highest BCUT2D eigenvalue weighted by atomic mass is 16.6. The van der Waals surface area contributed by atoms with Crippen molar-refractivity contribution in [1.29, 1.82) is 0 Å². The van der Waals surface area contributed by atoms with E-state index in [2.05, 4.69) is 15.1 Å². The first-order valence-corrected chi connectivity index (χ1v) is 12.3. The Morgan fingerprint density at radius 3 is 2.47 bits per heavy atom. The number of hydrogen-bond acceptors (Lipinski definition) is 8. The van der Waals surface area contributed by atoms with E-state index >= 15 is 0 Å². The Kier molecular flexibility index (Phi) is 7.18. The van der Waals surface area contributed by atoms with E-state index in [0.29, 0.717) is 36.7 Å². The van der Waals surface area contributed by atoms with Gasteiger partial charge in [-0.3, -0.25) is 0 Å². The highest BCUT2D eigenvalue weighted by Crippen LogP contribution is 2.33. The van der Waals surface area contributed by atoms with Gasteiger partial charge in [-0.15, -0.1) is 10.2 Å². The van der Waals surface area contributed by atoms with Gasteiger partial charge >= 0.3 is 6.09 Å². The van der Waals surface area contributed by atoms with Crippen LogP contribution < -0.4 is 10.6 Å². The van der Waals surface area contributed by atoms with Gasteiger partial charge in [-0.05, 0) is 43.0 Å². The smallest absolute Gasteiger partial charge is 0.410 e. The third-order valence-electron chi connectivity index (χ3n) is 6.76. The first-order valence-electron chi connectivity index (χ1n) is 12.3. The Hall–Kier alpha value is -3.85. The van der Waals surface area contributed by atoms with Gasteiger partial charge in [-0.25, -0.2) is 4.79 Å². The number of likely N-dealkylation sites (tertiary alicyclic amines) is 1. The van der Waals surface area contributed by atoms with Crippen LogP contribution in [0.5, 0.6) is 5.75 Å². The Bertz CT molecular complexity index is 1180. The number of amides is 1. The summed E-state index contributed by atoms with van der Waals surface area (Å²) in [5.74, 6) is 0.512. The fourth-order valence-corrected chi connectivity index (χ4v) is 4.78. The van der Waals surface area contributed by atoms with Crippen molar-refractivity contribution in [3.05, 3.63) is 66.2 Å². The van der Waals surface area contributed by atoms with E-state index in [-0.39, 0.29) is 30.7 Å². The van der Waals surface area contributed by atoms with Crippen molar-refractivity contribution < 1.29 is 19.4 Å². The second kappa shape index (κ2) is 10.8. The summed E-state index contributed by atoms with van der Waals surface area (Å²) in [6.07, 6.45) is 2.36. The molecule has 3 N–H and O–H groups in total. The van der Waals surface area contributed by atoms with Gasteiger partial charge in [0.15, 0.2) is 5.82 Å². The summed E-state index contributed by atoms with van der Waals surface area (Å²) in [4.78, 5) is 16.3. The van der Waals surface area contributed by atoms with Gasteiger partial charge in [-0.2, -0.15) is 0 Å². The molecular formula is C27H31N5O4. The minimum absolute atomic E-state index is 0.0766. The molecule has 0 radical (unpaired) electrons. The average Bonchev–Trinajstić information content (AvgIpc) is 3.37. The Morgan fingerprint density at radius 2 is 1.69 bits per heavy atom. The molecule has 0 unspecified atom stereocenters. The lowest BCUT2D eigenvalue weighted by molar-refractivity contribution is -0.0323. The van der Waals surface area contributed by atoms with Gasteiger partial charge in [0.05, 0.1) is 23.6 Å². The third-order valence-corrected chi connectivity index (χ3v) is 6.76. The quantitative estimate of drug-likeness (QED) is 0.537. The molecule has 2 aliphatic rings. The molecular weight excluding hydrogens is 458 g/mol. The van der Waals surface area contributed by atoms with Crippen LogP contribution in [0.3, 0.4) is 0 Å². The number of nitrogens with two attached hydrogens (primary N) is 1. The molecule has 1 amide bonds. The van der Waals surface area contributed by atoms with Crippen LogP contribution in [-0.2, 0) is 16.1 Å². The summed E-state index contributed by atoms with van der Waals surface area (Å²) >= 11 is 0. The standard InChI is InChI=1S/C27H31N5O4/c28-26-24(16-23(29-30-26)22-8-4-5-9-25(22)33)32-15-12-21(17-32)36-20-10-13-31(14-11-20)27(34)35-18-19-6-2-1-3-7-19/h1-9,16,20-21,33H,10-15,17-18H2,(H2,28,30)/t21-/m0/s1. The average molecular weight is 490 g/mol. The summed E-state index contributed by atoms with van der Waals surface area (Å²) in [7, 11) is 0. The molecule has 0 spiro atoms. The summed E-state index contributed by atoms with van der Waals surface area (Å²) in [5, 5.41) is 18.5. The van der Waals surface area contributed by atoms with Crippen LogP contribution in [0.4, 0.5) is 16.3 Å². The minimum atomic E-state index is -0.273. The van der Waals surface area contributed by atoms with Crippen molar-refractivity contribution in [2.24, 2.45) is 0 Å². The maximum absolute atomic E-state index is 12.4. The van der Waals surface area contributed by atoms with Crippen molar-refractivity contribution >= 4 is 17.6 Å². The number of aromatic hydroxyl groups is 1. The molecule has 1 atom stereocenters. The third kappa shape index (κ3) is 5.52. The largest absolute Gasteiger partial charge is 0.507 e. The molecule has 2 fully saturated rings. The van der Waals surface area contributed by atoms with Gasteiger partial charge in [0.25, 0.3) is 0 Å². The monoisotopic (exact) mass is 489 g/mol. The zero-order chi connectivity index (χ0) is 24.9. The summed E-state index contributed by atoms with van der Waals surface area (Å²) in [5.41, 5.74) is 9.12. The molecule has 9 heteroatoms. The Labute approximate surface area is 210 Å². The number of rotatable bonds is 6. The first-order chi connectivity index (χ1) is 17.6. The molecule has 36 heavy (non-hydrogen) atoms. The number of benzene rings is 2. The molecule has 5 rings (SSSR count). The van der Waals surface area contributed by atoms with Gasteiger partial charge < -0.3 is 30.1 Å². The van der Waals surface area contributed by atoms with Gasteiger partial charge in [0, 0.05) is 31.7 Å². The van der Waals surface area contributed by atoms with Crippen molar-refractivity contribution in [2.45, 2.75) is 38.1 Å². The van der Waals surface area contributed by atoms with Crippen LogP contribution in [0.15, 0.2) is 60.7 Å². The maximum Gasteiger partial charge on any atom is 0.410 e. The van der Waals surface area contributed by atoms with E-state index in [1.54, 1.807) is 23.1 Å². The lowest BCUT2D eigenvalue weighted by atomic mass is 10.1. The van der Waals surface area contributed by atoms with Crippen LogP contribution in [0, 0.1) is 0 Å². The number of nitrogen functional groups attached to an aromatic ring is 1. The van der Waals surface area contributed by atoms with Gasteiger partial charge in [0.1, 0.15) is 12.4 Å². The molecule has 3 aromatic rings. The molecule has 0 aliphatic carbocycles. The zero-order valence-corrected chi connectivity index (χ0v) is 20.1. The van der Waals surface area contributed by atoms with Gasteiger partial charge in [0.2, 0.25) is 0 Å². The van der Waals surface area contributed by atoms with E-state index in [9.17, 15) is 9.90 Å². The van der Waals surface area contributed by atoms with Gasteiger partial charge in [-0.1, -0.05) is 42.5 Å². The Morgan fingerprint density at radius 1 is 0.972 bits per heavy atom. The first kappa shape index (κ1) is 23.9. The highest BCUT2D eigenvalue weighted by Gasteiger charge is 2.31. The van der Waals surface area contributed by atoms with Crippen molar-refractivity contribution in [1.82, 2.24) is 15.1 Å². The van der Waals surface area contributed by atoms with Crippen LogP contribution >= 0.6 is 0 Å². The van der Waals surface area contributed by atoms with Crippen molar-refractivity contribution in [2.75, 3.05) is 36.8 Å². The van der Waals surface area contributed by atoms with E-state index in [1.807, 2.05) is 42.5 Å².